The summed E-state index contributed by atoms with van der Waals surface area (Å²) in [7, 11) is 0. The Bertz CT molecular complexity index is 492. The number of hydrogen-bond acceptors (Lipinski definition) is 3. The van der Waals surface area contributed by atoms with Gasteiger partial charge in [0.25, 0.3) is 0 Å². The molecule has 2 atom stereocenters. The number of carbonyl (C=O) groups excluding carboxylic acids is 2. The van der Waals surface area contributed by atoms with Crippen molar-refractivity contribution in [1.82, 2.24) is 5.32 Å². The van der Waals surface area contributed by atoms with Gasteiger partial charge in [0.05, 0.1) is 5.33 Å². The normalized spacial score (nSPS) is 21.7. The average Bonchev–Trinajstić information content (AvgIpc) is 2.78. The molecular formula is C17H22BrNO3. The van der Waals surface area contributed by atoms with E-state index in [0.717, 1.165) is 37.7 Å². The molecule has 0 spiro atoms. The SMILES string of the molecule is O=C(NC1CCCCCC1C(=O)CBr)OCc1ccccc1. The minimum atomic E-state index is -0.442. The Hall–Kier alpha value is -1.36. The van der Waals surface area contributed by atoms with Gasteiger partial charge >= 0.3 is 6.09 Å². The molecule has 1 aliphatic rings. The van der Waals surface area contributed by atoms with Crippen molar-refractivity contribution in [2.45, 2.75) is 44.8 Å². The Morgan fingerprint density at radius 2 is 1.86 bits per heavy atom. The number of alkyl carbamates (subject to hydrolysis) is 1. The molecule has 2 unspecified atom stereocenters. The second kappa shape index (κ2) is 8.93. The van der Waals surface area contributed by atoms with Gasteiger partial charge in [0.2, 0.25) is 0 Å². The Morgan fingerprint density at radius 3 is 2.59 bits per heavy atom. The Kier molecular flexibility index (Phi) is 6.90. The highest BCUT2D eigenvalue weighted by Crippen LogP contribution is 2.25. The van der Waals surface area contributed by atoms with Crippen molar-refractivity contribution in [3.63, 3.8) is 0 Å². The largest absolute Gasteiger partial charge is 0.445 e. The van der Waals surface area contributed by atoms with Crippen molar-refractivity contribution in [1.29, 1.82) is 0 Å². The lowest BCUT2D eigenvalue weighted by atomic mass is 9.91. The van der Waals surface area contributed by atoms with Gasteiger partial charge in [-0.3, -0.25) is 4.79 Å². The highest BCUT2D eigenvalue weighted by Gasteiger charge is 2.30. The van der Waals surface area contributed by atoms with Crippen molar-refractivity contribution < 1.29 is 14.3 Å². The summed E-state index contributed by atoms with van der Waals surface area (Å²) in [5, 5.41) is 3.23. The highest BCUT2D eigenvalue weighted by molar-refractivity contribution is 9.09. The third-order valence-electron chi connectivity index (χ3n) is 4.08. The zero-order valence-corrected chi connectivity index (χ0v) is 14.2. The molecule has 1 aliphatic carbocycles. The van der Waals surface area contributed by atoms with E-state index in [2.05, 4.69) is 21.2 Å². The number of hydrogen-bond donors (Lipinski definition) is 1. The molecule has 1 amide bonds. The Labute approximate surface area is 139 Å². The maximum Gasteiger partial charge on any atom is 0.407 e. The molecule has 120 valence electrons. The summed E-state index contributed by atoms with van der Waals surface area (Å²) < 4.78 is 5.26. The van der Waals surface area contributed by atoms with Crippen molar-refractivity contribution in [3.05, 3.63) is 35.9 Å². The molecule has 1 aromatic rings. The summed E-state index contributed by atoms with van der Waals surface area (Å²) in [6, 6.07) is 9.45. The van der Waals surface area contributed by atoms with Crippen LogP contribution in [-0.2, 0) is 16.1 Å². The first-order valence-corrected chi connectivity index (χ1v) is 8.88. The maximum atomic E-state index is 12.1. The number of halogens is 1. The number of amides is 1. The molecule has 1 saturated carbocycles. The minimum Gasteiger partial charge on any atom is -0.445 e. The molecule has 0 radical (unpaired) electrons. The molecule has 0 saturated heterocycles. The van der Waals surface area contributed by atoms with Gasteiger partial charge in [-0.15, -0.1) is 0 Å². The van der Waals surface area contributed by atoms with Crippen molar-refractivity contribution in [3.8, 4) is 0 Å². The number of ether oxygens (including phenoxy) is 1. The standard InChI is InChI=1S/C17H22BrNO3/c18-11-16(20)14-9-5-2-6-10-15(14)19-17(21)22-12-13-7-3-1-4-8-13/h1,3-4,7-8,14-15H,2,5-6,9-12H2,(H,19,21). The van der Waals surface area contributed by atoms with Crippen LogP contribution in [-0.4, -0.2) is 23.2 Å². The van der Waals surface area contributed by atoms with Crippen LogP contribution in [0.4, 0.5) is 4.79 Å². The van der Waals surface area contributed by atoms with Crippen LogP contribution >= 0.6 is 15.9 Å². The average molecular weight is 368 g/mol. The van der Waals surface area contributed by atoms with Crippen LogP contribution in [0.25, 0.3) is 0 Å². The predicted molar refractivity (Wildman–Crippen MR) is 88.9 cm³/mol. The first-order chi connectivity index (χ1) is 10.7. The molecule has 4 nitrogen and oxygen atoms in total. The summed E-state index contributed by atoms with van der Waals surface area (Å²) in [6.07, 6.45) is 4.43. The Balaban J connectivity index is 1.88. The van der Waals surface area contributed by atoms with E-state index in [1.54, 1.807) is 0 Å². The lowest BCUT2D eigenvalue weighted by Crippen LogP contribution is -2.43. The van der Waals surface area contributed by atoms with E-state index in [1.807, 2.05) is 30.3 Å². The van der Waals surface area contributed by atoms with Gasteiger partial charge in [0.1, 0.15) is 12.4 Å². The maximum absolute atomic E-state index is 12.1. The van der Waals surface area contributed by atoms with Crippen LogP contribution in [0.3, 0.4) is 0 Å². The number of nitrogens with one attached hydrogen (secondary N) is 1. The third kappa shape index (κ3) is 5.13. The summed E-state index contributed by atoms with van der Waals surface area (Å²) in [6.45, 7) is 0.246. The van der Waals surface area contributed by atoms with Crippen molar-refractivity contribution >= 4 is 27.8 Å². The summed E-state index contributed by atoms with van der Waals surface area (Å²) in [4.78, 5) is 24.0. The lowest BCUT2D eigenvalue weighted by molar-refractivity contribution is -0.121. The number of carbonyl (C=O) groups is 2. The van der Waals surface area contributed by atoms with Gasteiger partial charge < -0.3 is 10.1 Å². The van der Waals surface area contributed by atoms with Gasteiger partial charge in [0, 0.05) is 12.0 Å². The quantitative estimate of drug-likeness (QED) is 0.635. The molecule has 5 heteroatoms. The molecule has 22 heavy (non-hydrogen) atoms. The molecule has 0 bridgehead atoms. The van der Waals surface area contributed by atoms with Crippen LogP contribution in [0.2, 0.25) is 0 Å². The highest BCUT2D eigenvalue weighted by atomic mass is 79.9. The van der Waals surface area contributed by atoms with Crippen LogP contribution in [0.1, 0.15) is 37.7 Å². The number of ketones is 1. The first-order valence-electron chi connectivity index (χ1n) is 7.76. The van der Waals surface area contributed by atoms with E-state index < -0.39 is 6.09 Å². The van der Waals surface area contributed by atoms with Crippen LogP contribution in [0, 0.1) is 5.92 Å². The fourth-order valence-corrected chi connectivity index (χ4v) is 3.30. The third-order valence-corrected chi connectivity index (χ3v) is 4.63. The number of alkyl halides is 1. The minimum absolute atomic E-state index is 0.105. The fraction of sp³-hybridized carbons (Fsp3) is 0.529. The van der Waals surface area contributed by atoms with Gasteiger partial charge in [0.15, 0.2) is 0 Å². The van der Waals surface area contributed by atoms with E-state index in [9.17, 15) is 9.59 Å². The van der Waals surface area contributed by atoms with E-state index in [0.29, 0.717) is 5.33 Å². The van der Waals surface area contributed by atoms with Crippen LogP contribution in [0.5, 0.6) is 0 Å². The Morgan fingerprint density at radius 1 is 1.14 bits per heavy atom. The summed E-state index contributed by atoms with van der Waals surface area (Å²) in [5.74, 6) is 0.0569. The smallest absolute Gasteiger partial charge is 0.407 e. The number of benzene rings is 1. The van der Waals surface area contributed by atoms with Crippen LogP contribution in [0.15, 0.2) is 30.3 Å². The summed E-state index contributed by atoms with van der Waals surface area (Å²) in [5.41, 5.74) is 0.951. The number of rotatable bonds is 5. The first kappa shape index (κ1) is 17.0. The van der Waals surface area contributed by atoms with E-state index >= 15 is 0 Å². The fourth-order valence-electron chi connectivity index (χ4n) is 2.88. The van der Waals surface area contributed by atoms with Gasteiger partial charge in [-0.05, 0) is 18.4 Å². The zero-order chi connectivity index (χ0) is 15.8. The lowest BCUT2D eigenvalue weighted by Gasteiger charge is -2.24. The van der Waals surface area contributed by atoms with Gasteiger partial charge in [-0.1, -0.05) is 65.5 Å². The molecular weight excluding hydrogens is 346 g/mol. The van der Waals surface area contributed by atoms with Crippen molar-refractivity contribution in [2.75, 3.05) is 5.33 Å². The van der Waals surface area contributed by atoms with Crippen LogP contribution < -0.4 is 5.32 Å². The molecule has 2 rings (SSSR count). The second-order valence-electron chi connectivity index (χ2n) is 5.66. The van der Waals surface area contributed by atoms with Gasteiger partial charge in [-0.2, -0.15) is 0 Å². The molecule has 1 N–H and O–H groups in total. The van der Waals surface area contributed by atoms with E-state index in [-0.39, 0.29) is 24.3 Å². The monoisotopic (exact) mass is 367 g/mol. The van der Waals surface area contributed by atoms with Gasteiger partial charge in [-0.25, -0.2) is 4.79 Å². The molecule has 0 aromatic heterocycles. The van der Waals surface area contributed by atoms with Crippen molar-refractivity contribution in [2.24, 2.45) is 5.92 Å². The van der Waals surface area contributed by atoms with E-state index in [4.69, 9.17) is 4.74 Å². The topological polar surface area (TPSA) is 55.4 Å². The zero-order valence-electron chi connectivity index (χ0n) is 12.6. The number of Topliss-reactive ketones (excluding diaryl/α,β-unsaturated/α-hetero) is 1. The summed E-state index contributed by atoms with van der Waals surface area (Å²) >= 11 is 3.24. The molecule has 0 heterocycles. The second-order valence-corrected chi connectivity index (χ2v) is 6.22. The molecule has 1 aromatic carbocycles. The van der Waals surface area contributed by atoms with E-state index in [1.165, 1.54) is 0 Å². The predicted octanol–water partition coefficient (Wildman–Crippen LogP) is 3.83. The molecule has 1 fully saturated rings. The molecule has 0 aliphatic heterocycles.